The number of fused-ring (bicyclic) bond motifs is 1. The molecule has 3 aromatic rings. The average molecular weight is 513 g/mol. The molecule has 1 amide bonds. The summed E-state index contributed by atoms with van der Waals surface area (Å²) in [6.45, 7) is 12.0. The maximum absolute atomic E-state index is 12.1. The summed E-state index contributed by atoms with van der Waals surface area (Å²) in [5.74, 6) is 1.54. The van der Waals surface area contributed by atoms with Gasteiger partial charge in [0.05, 0.1) is 34.7 Å². The highest BCUT2D eigenvalue weighted by molar-refractivity contribution is 7.19. The number of thiophene rings is 1. The number of carbonyl (C=O) groups excluding carboxylic acids is 1. The maximum atomic E-state index is 12.1. The van der Waals surface area contributed by atoms with E-state index in [1.165, 1.54) is 11.8 Å². The number of nitrogens with two attached hydrogens (primary N) is 1. The van der Waals surface area contributed by atoms with Gasteiger partial charge in [0.25, 0.3) is 5.91 Å². The first kappa shape index (κ1) is 24.8. The number of hydrogen-bond donors (Lipinski definition) is 2. The molecule has 2 aliphatic heterocycles. The van der Waals surface area contributed by atoms with Gasteiger partial charge in [-0.05, 0) is 26.3 Å². The Balaban J connectivity index is 1.48. The highest BCUT2D eigenvalue weighted by atomic mass is 32.1. The Hall–Kier alpha value is -2.93. The summed E-state index contributed by atoms with van der Waals surface area (Å²) in [7, 11) is 0. The maximum Gasteiger partial charge on any atom is 0.251 e. The van der Waals surface area contributed by atoms with Crippen LogP contribution in [0.4, 0.5) is 11.8 Å². The van der Waals surface area contributed by atoms with Gasteiger partial charge in [0.2, 0.25) is 5.95 Å². The Morgan fingerprint density at radius 1 is 1.14 bits per heavy atom. The average Bonchev–Trinajstić information content (AvgIpc) is 3.19. The van der Waals surface area contributed by atoms with Crippen molar-refractivity contribution in [2.24, 2.45) is 0 Å². The Kier molecular flexibility index (Phi) is 7.02. The van der Waals surface area contributed by atoms with Gasteiger partial charge in [0.15, 0.2) is 11.6 Å². The van der Waals surface area contributed by atoms with Gasteiger partial charge < -0.3 is 25.4 Å². The number of hydrogen-bond acceptors (Lipinski definition) is 11. The molecule has 12 heteroatoms. The quantitative estimate of drug-likeness (QED) is 0.514. The number of piperazine rings is 1. The van der Waals surface area contributed by atoms with Crippen LogP contribution >= 0.6 is 11.3 Å². The summed E-state index contributed by atoms with van der Waals surface area (Å²) >= 11 is 1.74. The number of ether oxygens (including phenoxy) is 1. The second kappa shape index (κ2) is 10.2. The van der Waals surface area contributed by atoms with Crippen molar-refractivity contribution in [3.8, 4) is 11.4 Å². The number of amides is 1. The molecule has 2 aliphatic rings. The van der Waals surface area contributed by atoms with Crippen LogP contribution < -0.4 is 10.6 Å². The van der Waals surface area contributed by atoms with Crippen molar-refractivity contribution in [3.63, 3.8) is 0 Å². The lowest BCUT2D eigenvalue weighted by molar-refractivity contribution is -0.141. The standard InChI is InChI=1S/C24H32N8O3S/c1-14-18(13-30-4-6-32(7-5-30)23(34)16(3)33)36-20-19(14)28-21(17-12-26-24(25)27-15(17)2)29-22(20)31-8-10-35-11-9-31/h12,16,33H,4-11,13H2,1-3H3,(H2,25,26,27)/t16-/m0/s1. The van der Waals surface area contributed by atoms with Gasteiger partial charge in [-0.2, -0.15) is 0 Å². The molecule has 192 valence electrons. The summed E-state index contributed by atoms with van der Waals surface area (Å²) < 4.78 is 6.66. The molecule has 2 fully saturated rings. The normalized spacial score (nSPS) is 18.1. The number of aliphatic hydroxyl groups excluding tert-OH is 1. The number of aromatic nitrogens is 4. The monoisotopic (exact) mass is 512 g/mol. The lowest BCUT2D eigenvalue weighted by Crippen LogP contribution is -2.50. The van der Waals surface area contributed by atoms with Gasteiger partial charge in [0, 0.05) is 56.9 Å². The Morgan fingerprint density at radius 3 is 2.53 bits per heavy atom. The van der Waals surface area contributed by atoms with Crippen LogP contribution in [0.1, 0.15) is 23.1 Å². The molecule has 2 saturated heterocycles. The summed E-state index contributed by atoms with van der Waals surface area (Å²) in [6.07, 6.45) is 0.737. The fourth-order valence-corrected chi connectivity index (χ4v) is 5.98. The summed E-state index contributed by atoms with van der Waals surface area (Å²) in [6, 6.07) is 0. The van der Waals surface area contributed by atoms with E-state index >= 15 is 0 Å². The molecule has 5 heterocycles. The Labute approximate surface area is 213 Å². The molecule has 5 rings (SSSR count). The number of anilines is 2. The molecule has 0 bridgehead atoms. The number of rotatable bonds is 5. The summed E-state index contributed by atoms with van der Waals surface area (Å²) in [5.41, 5.74) is 9.38. The molecule has 3 aromatic heterocycles. The molecule has 0 aromatic carbocycles. The molecular formula is C24H32N8O3S. The van der Waals surface area contributed by atoms with Crippen LogP contribution in [-0.2, 0) is 16.1 Å². The summed E-state index contributed by atoms with van der Waals surface area (Å²) in [4.78, 5) is 38.2. The highest BCUT2D eigenvalue weighted by Gasteiger charge is 2.26. The van der Waals surface area contributed by atoms with Gasteiger partial charge in [0.1, 0.15) is 6.10 Å². The SMILES string of the molecule is Cc1nc(N)ncc1-c1nc(N2CCOCC2)c2sc(CN3CCN(C(=O)[C@H](C)O)CC3)c(C)c2n1. The van der Waals surface area contributed by atoms with E-state index in [-0.39, 0.29) is 11.9 Å². The zero-order valence-electron chi connectivity index (χ0n) is 20.9. The van der Waals surface area contributed by atoms with Crippen LogP contribution in [0.15, 0.2) is 6.20 Å². The Morgan fingerprint density at radius 2 is 1.86 bits per heavy atom. The fraction of sp³-hybridized carbons (Fsp3) is 0.542. The largest absolute Gasteiger partial charge is 0.384 e. The van der Waals surface area contributed by atoms with Crippen LogP contribution in [0.5, 0.6) is 0 Å². The Bertz CT molecular complexity index is 1270. The zero-order chi connectivity index (χ0) is 25.4. The minimum atomic E-state index is -0.956. The molecule has 11 nitrogen and oxygen atoms in total. The molecule has 0 spiro atoms. The molecule has 0 saturated carbocycles. The number of aliphatic hydroxyl groups is 1. The van der Waals surface area contributed by atoms with Crippen LogP contribution in [0.3, 0.4) is 0 Å². The van der Waals surface area contributed by atoms with E-state index in [9.17, 15) is 9.90 Å². The first-order valence-electron chi connectivity index (χ1n) is 12.2. The van der Waals surface area contributed by atoms with Crippen molar-refractivity contribution in [1.29, 1.82) is 0 Å². The van der Waals surface area contributed by atoms with E-state index in [1.54, 1.807) is 22.4 Å². The second-order valence-electron chi connectivity index (χ2n) is 9.30. The predicted octanol–water partition coefficient (Wildman–Crippen LogP) is 1.21. The number of morpholine rings is 1. The molecular weight excluding hydrogens is 480 g/mol. The first-order valence-corrected chi connectivity index (χ1v) is 13.0. The minimum Gasteiger partial charge on any atom is -0.384 e. The van der Waals surface area contributed by atoms with Gasteiger partial charge in [-0.1, -0.05) is 0 Å². The van der Waals surface area contributed by atoms with Crippen LogP contribution in [0.2, 0.25) is 0 Å². The molecule has 3 N–H and O–H groups in total. The van der Waals surface area contributed by atoms with Gasteiger partial charge in [-0.3, -0.25) is 9.69 Å². The van der Waals surface area contributed by atoms with E-state index in [4.69, 9.17) is 20.4 Å². The van der Waals surface area contributed by atoms with Crippen molar-refractivity contribution in [1.82, 2.24) is 29.7 Å². The van der Waals surface area contributed by atoms with Crippen LogP contribution in [0.25, 0.3) is 21.6 Å². The highest BCUT2D eigenvalue weighted by Crippen LogP contribution is 2.38. The van der Waals surface area contributed by atoms with E-state index < -0.39 is 6.10 Å². The van der Waals surface area contributed by atoms with Crippen molar-refractivity contribution in [2.75, 3.05) is 63.1 Å². The summed E-state index contributed by atoms with van der Waals surface area (Å²) in [5, 5.41) is 9.62. The first-order chi connectivity index (χ1) is 17.3. The van der Waals surface area contributed by atoms with E-state index in [1.807, 2.05) is 6.92 Å². The number of aryl methyl sites for hydroxylation is 2. The van der Waals surface area contributed by atoms with Crippen molar-refractivity contribution in [3.05, 3.63) is 22.3 Å². The molecule has 0 unspecified atom stereocenters. The second-order valence-corrected chi connectivity index (χ2v) is 10.4. The third-order valence-electron chi connectivity index (χ3n) is 6.80. The van der Waals surface area contributed by atoms with E-state index in [2.05, 4.69) is 26.7 Å². The zero-order valence-corrected chi connectivity index (χ0v) is 21.7. The topological polar surface area (TPSA) is 134 Å². The van der Waals surface area contributed by atoms with Crippen molar-refractivity contribution >= 4 is 39.2 Å². The third-order valence-corrected chi connectivity index (χ3v) is 8.07. The molecule has 36 heavy (non-hydrogen) atoms. The van der Waals surface area contributed by atoms with Crippen molar-refractivity contribution < 1.29 is 14.6 Å². The lowest BCUT2D eigenvalue weighted by Gasteiger charge is -2.35. The number of carbonyl (C=O) groups is 1. The number of nitrogens with zero attached hydrogens (tertiary/aromatic N) is 7. The fourth-order valence-electron chi connectivity index (χ4n) is 4.68. The van der Waals surface area contributed by atoms with Crippen molar-refractivity contribution in [2.45, 2.75) is 33.4 Å². The molecule has 0 radical (unpaired) electrons. The minimum absolute atomic E-state index is 0.201. The molecule has 1 atom stereocenters. The third kappa shape index (κ3) is 4.85. The molecule has 0 aliphatic carbocycles. The number of nitrogen functional groups attached to an aromatic ring is 1. The van der Waals surface area contributed by atoms with Gasteiger partial charge >= 0.3 is 0 Å². The smallest absolute Gasteiger partial charge is 0.251 e. The van der Waals surface area contributed by atoms with Crippen LogP contribution in [-0.4, -0.2) is 99.3 Å². The predicted molar refractivity (Wildman–Crippen MR) is 139 cm³/mol. The lowest BCUT2D eigenvalue weighted by atomic mass is 10.2. The van der Waals surface area contributed by atoms with E-state index in [0.29, 0.717) is 32.1 Å². The van der Waals surface area contributed by atoms with Gasteiger partial charge in [-0.15, -0.1) is 11.3 Å². The van der Waals surface area contributed by atoms with Gasteiger partial charge in [-0.25, -0.2) is 19.9 Å². The van der Waals surface area contributed by atoms with E-state index in [0.717, 1.165) is 65.6 Å². The van der Waals surface area contributed by atoms with Crippen LogP contribution in [0, 0.1) is 13.8 Å².